The number of hydrogen-bond donors (Lipinski definition) is 0. The van der Waals surface area contributed by atoms with E-state index in [2.05, 4.69) is 0 Å². The van der Waals surface area contributed by atoms with Crippen molar-refractivity contribution in [3.63, 3.8) is 0 Å². The molecule has 0 aliphatic heterocycles. The molecule has 0 amide bonds. The first-order valence-electron chi connectivity index (χ1n) is 11.2. The van der Waals surface area contributed by atoms with Crippen molar-refractivity contribution in [3.8, 4) is 0 Å². The zero-order chi connectivity index (χ0) is 24.9. The number of benzene rings is 3. The molecule has 0 nitrogen and oxygen atoms in total. The van der Waals surface area contributed by atoms with Crippen LogP contribution in [0.15, 0.2) is 78.4 Å². The number of hydrogen-bond acceptors (Lipinski definition) is 0. The summed E-state index contributed by atoms with van der Waals surface area (Å²) in [6.45, 7) is 7.66. The Morgan fingerprint density at radius 3 is 2.21 bits per heavy atom. The quantitative estimate of drug-likeness (QED) is 0.193. The molecule has 0 aliphatic carbocycles. The SMILES string of the molecule is C/C=C/c1ccc(C(=C(/CC)c2ccc(F)cc2C(F)(F)F)/C(C)=C/c2ccccc2C)cc1. The summed E-state index contributed by atoms with van der Waals surface area (Å²) in [6, 6.07) is 18.5. The lowest BCUT2D eigenvalue weighted by atomic mass is 9.85. The normalized spacial score (nSPS) is 13.4. The summed E-state index contributed by atoms with van der Waals surface area (Å²) < 4.78 is 55.6. The van der Waals surface area contributed by atoms with Crippen molar-refractivity contribution in [2.24, 2.45) is 0 Å². The number of allylic oxidation sites excluding steroid dienone is 4. The van der Waals surface area contributed by atoms with Gasteiger partial charge in [0.2, 0.25) is 0 Å². The molecule has 3 rings (SSSR count). The first-order valence-corrected chi connectivity index (χ1v) is 11.2. The highest BCUT2D eigenvalue weighted by Crippen LogP contribution is 2.41. The van der Waals surface area contributed by atoms with Crippen LogP contribution in [0, 0.1) is 12.7 Å². The Hall–Kier alpha value is -3.40. The number of alkyl halides is 3. The van der Waals surface area contributed by atoms with Crippen molar-refractivity contribution in [3.05, 3.63) is 118 Å². The van der Waals surface area contributed by atoms with Gasteiger partial charge >= 0.3 is 6.18 Å². The largest absolute Gasteiger partial charge is 0.417 e. The van der Waals surface area contributed by atoms with Gasteiger partial charge in [0.25, 0.3) is 0 Å². The van der Waals surface area contributed by atoms with Crippen LogP contribution in [0.25, 0.3) is 23.3 Å². The Morgan fingerprint density at radius 1 is 0.941 bits per heavy atom. The predicted octanol–water partition coefficient (Wildman–Crippen LogP) is 9.61. The standard InChI is InChI=1S/C30H28F4/c1-5-9-22-12-14-23(15-13-22)29(21(4)18-24-11-8-7-10-20(24)3)26(6-2)27-17-16-25(31)19-28(27)30(32,33)34/h5,7-19H,6H2,1-4H3/b9-5+,21-18+,29-26-. The van der Waals surface area contributed by atoms with Crippen LogP contribution in [0.5, 0.6) is 0 Å². The van der Waals surface area contributed by atoms with Crippen LogP contribution >= 0.6 is 0 Å². The van der Waals surface area contributed by atoms with E-state index in [-0.39, 0.29) is 5.56 Å². The molecule has 176 valence electrons. The zero-order valence-corrected chi connectivity index (χ0v) is 19.8. The lowest BCUT2D eigenvalue weighted by Crippen LogP contribution is -2.10. The van der Waals surface area contributed by atoms with Gasteiger partial charge in [-0.05, 0) is 83.9 Å². The van der Waals surface area contributed by atoms with Crippen LogP contribution in [-0.2, 0) is 6.18 Å². The molecule has 0 spiro atoms. The summed E-state index contributed by atoms with van der Waals surface area (Å²) in [5, 5.41) is 0. The van der Waals surface area contributed by atoms with Crippen molar-refractivity contribution < 1.29 is 17.6 Å². The average Bonchev–Trinajstić information content (AvgIpc) is 2.79. The van der Waals surface area contributed by atoms with Gasteiger partial charge in [0.15, 0.2) is 0 Å². The van der Waals surface area contributed by atoms with E-state index in [0.29, 0.717) is 18.1 Å². The molecule has 0 unspecified atom stereocenters. The smallest absolute Gasteiger partial charge is 0.207 e. The van der Waals surface area contributed by atoms with Gasteiger partial charge in [-0.25, -0.2) is 4.39 Å². The molecule has 0 saturated heterocycles. The van der Waals surface area contributed by atoms with Gasteiger partial charge in [0.1, 0.15) is 5.82 Å². The highest BCUT2D eigenvalue weighted by molar-refractivity contribution is 6.01. The van der Waals surface area contributed by atoms with E-state index in [4.69, 9.17) is 0 Å². The van der Waals surface area contributed by atoms with E-state index in [1.807, 2.05) is 94.5 Å². The maximum atomic E-state index is 13.9. The molecule has 3 aromatic rings. The maximum absolute atomic E-state index is 13.9. The van der Waals surface area contributed by atoms with Crippen molar-refractivity contribution >= 4 is 23.3 Å². The minimum atomic E-state index is -4.67. The van der Waals surface area contributed by atoms with Crippen molar-refractivity contribution in [2.75, 3.05) is 0 Å². The molecule has 0 aliphatic rings. The van der Waals surface area contributed by atoms with E-state index in [1.54, 1.807) is 0 Å². The van der Waals surface area contributed by atoms with Crippen LogP contribution < -0.4 is 0 Å². The van der Waals surface area contributed by atoms with Gasteiger partial charge in [0.05, 0.1) is 5.56 Å². The Balaban J connectivity index is 2.35. The molecule has 0 N–H and O–H groups in total. The zero-order valence-electron chi connectivity index (χ0n) is 19.8. The van der Waals surface area contributed by atoms with Crippen LogP contribution in [0.2, 0.25) is 0 Å². The molecular formula is C30H28F4. The Kier molecular flexibility index (Phi) is 7.93. The fourth-order valence-electron chi connectivity index (χ4n) is 4.16. The second kappa shape index (κ2) is 10.7. The highest BCUT2D eigenvalue weighted by Gasteiger charge is 2.35. The van der Waals surface area contributed by atoms with Gasteiger partial charge in [-0.2, -0.15) is 13.2 Å². The van der Waals surface area contributed by atoms with E-state index in [1.165, 1.54) is 6.07 Å². The summed E-state index contributed by atoms with van der Waals surface area (Å²) in [5.74, 6) is -0.907. The molecular weight excluding hydrogens is 436 g/mol. The summed E-state index contributed by atoms with van der Waals surface area (Å²) in [7, 11) is 0. The van der Waals surface area contributed by atoms with Gasteiger partial charge in [0, 0.05) is 0 Å². The Labute approximate surface area is 199 Å². The monoisotopic (exact) mass is 464 g/mol. The van der Waals surface area contributed by atoms with Crippen molar-refractivity contribution in [1.82, 2.24) is 0 Å². The van der Waals surface area contributed by atoms with E-state index >= 15 is 0 Å². The molecule has 0 bridgehead atoms. The molecule has 0 saturated carbocycles. The third-order valence-corrected chi connectivity index (χ3v) is 5.78. The van der Waals surface area contributed by atoms with Crippen LogP contribution in [0.1, 0.15) is 60.6 Å². The van der Waals surface area contributed by atoms with Gasteiger partial charge in [-0.1, -0.05) is 79.7 Å². The van der Waals surface area contributed by atoms with Gasteiger partial charge in [-0.3, -0.25) is 0 Å². The highest BCUT2D eigenvalue weighted by atomic mass is 19.4. The molecule has 0 aromatic heterocycles. The number of halogens is 4. The van der Waals surface area contributed by atoms with E-state index in [9.17, 15) is 17.6 Å². The van der Waals surface area contributed by atoms with Crippen LogP contribution in [0.3, 0.4) is 0 Å². The molecule has 0 fully saturated rings. The topological polar surface area (TPSA) is 0 Å². The molecule has 0 atom stereocenters. The van der Waals surface area contributed by atoms with E-state index in [0.717, 1.165) is 39.5 Å². The fourth-order valence-corrected chi connectivity index (χ4v) is 4.16. The number of aryl methyl sites for hydroxylation is 1. The molecule has 3 aromatic carbocycles. The minimum Gasteiger partial charge on any atom is -0.207 e. The third-order valence-electron chi connectivity index (χ3n) is 5.78. The lowest BCUT2D eigenvalue weighted by molar-refractivity contribution is -0.138. The van der Waals surface area contributed by atoms with Crippen molar-refractivity contribution in [1.29, 1.82) is 0 Å². The summed E-state index contributed by atoms with van der Waals surface area (Å²) in [6.07, 6.45) is 1.56. The van der Waals surface area contributed by atoms with Crippen LogP contribution in [0.4, 0.5) is 17.6 Å². The van der Waals surface area contributed by atoms with Gasteiger partial charge < -0.3 is 0 Å². The Morgan fingerprint density at radius 2 is 1.62 bits per heavy atom. The van der Waals surface area contributed by atoms with Crippen molar-refractivity contribution in [2.45, 2.75) is 40.3 Å². The number of rotatable bonds is 6. The van der Waals surface area contributed by atoms with E-state index < -0.39 is 17.6 Å². The van der Waals surface area contributed by atoms with Crippen LogP contribution in [-0.4, -0.2) is 0 Å². The maximum Gasteiger partial charge on any atom is 0.417 e. The molecule has 0 heterocycles. The molecule has 4 heteroatoms. The molecule has 34 heavy (non-hydrogen) atoms. The first kappa shape index (κ1) is 25.2. The fraction of sp³-hybridized carbons (Fsp3) is 0.200. The second-order valence-corrected chi connectivity index (χ2v) is 8.20. The third kappa shape index (κ3) is 5.74. The van der Waals surface area contributed by atoms with Gasteiger partial charge in [-0.15, -0.1) is 0 Å². The lowest BCUT2D eigenvalue weighted by Gasteiger charge is -2.21. The molecule has 0 radical (unpaired) electrons. The predicted molar refractivity (Wildman–Crippen MR) is 134 cm³/mol. The second-order valence-electron chi connectivity index (χ2n) is 8.20. The summed E-state index contributed by atoms with van der Waals surface area (Å²) in [5.41, 5.74) is 4.99. The minimum absolute atomic E-state index is 0.00136. The Bertz CT molecular complexity index is 1240. The summed E-state index contributed by atoms with van der Waals surface area (Å²) >= 11 is 0. The first-order chi connectivity index (χ1) is 16.2. The average molecular weight is 465 g/mol. The summed E-state index contributed by atoms with van der Waals surface area (Å²) in [4.78, 5) is 0.